The molecular weight excluding hydrogens is 355 g/mol. The highest BCUT2D eigenvalue weighted by atomic mass is 19.1. The number of hydrogen-bond donors (Lipinski definition) is 2. The van der Waals surface area contributed by atoms with Gasteiger partial charge in [0.05, 0.1) is 17.9 Å². The van der Waals surface area contributed by atoms with Crippen molar-refractivity contribution in [3.63, 3.8) is 0 Å². The zero-order chi connectivity index (χ0) is 19.7. The van der Waals surface area contributed by atoms with Crippen molar-refractivity contribution in [3.8, 4) is 0 Å². The lowest BCUT2D eigenvalue weighted by Crippen LogP contribution is -2.33. The van der Waals surface area contributed by atoms with E-state index in [0.29, 0.717) is 23.5 Å². The van der Waals surface area contributed by atoms with Gasteiger partial charge in [0, 0.05) is 17.2 Å². The van der Waals surface area contributed by atoms with E-state index in [2.05, 4.69) is 10.4 Å². The second kappa shape index (κ2) is 7.31. The summed E-state index contributed by atoms with van der Waals surface area (Å²) in [6.45, 7) is 2.39. The van der Waals surface area contributed by atoms with Gasteiger partial charge in [0.1, 0.15) is 11.9 Å². The number of para-hydroxylation sites is 2. The molecule has 1 aliphatic carbocycles. The molecule has 0 bridgehead atoms. The van der Waals surface area contributed by atoms with E-state index in [-0.39, 0.29) is 23.7 Å². The van der Waals surface area contributed by atoms with Crippen molar-refractivity contribution in [1.29, 1.82) is 0 Å². The molecule has 0 saturated heterocycles. The molecule has 2 aliphatic rings. The third kappa shape index (κ3) is 3.41. The predicted molar refractivity (Wildman–Crippen MR) is 110 cm³/mol. The Morgan fingerprint density at radius 1 is 1.21 bits per heavy atom. The van der Waals surface area contributed by atoms with Crippen LogP contribution in [0.3, 0.4) is 0 Å². The fourth-order valence-electron chi connectivity index (χ4n) is 3.56. The average Bonchev–Trinajstić information content (AvgIpc) is 3.01. The summed E-state index contributed by atoms with van der Waals surface area (Å²) in [6.07, 6.45) is 5.21. The van der Waals surface area contributed by atoms with E-state index < -0.39 is 0 Å². The van der Waals surface area contributed by atoms with Gasteiger partial charge in [-0.1, -0.05) is 36.4 Å². The highest BCUT2D eigenvalue weighted by Gasteiger charge is 2.37. The number of allylic oxidation sites excluding steroid dienone is 2. The number of nitrogen functional groups attached to an aromatic ring is 1. The molecule has 0 aromatic heterocycles. The summed E-state index contributed by atoms with van der Waals surface area (Å²) < 4.78 is 14.3. The molecule has 0 fully saturated rings. The van der Waals surface area contributed by atoms with Crippen molar-refractivity contribution in [2.24, 2.45) is 11.0 Å². The Labute approximate surface area is 163 Å². The summed E-state index contributed by atoms with van der Waals surface area (Å²) in [4.78, 5) is 12.4. The lowest BCUT2D eigenvalue weighted by molar-refractivity contribution is 0.102. The van der Waals surface area contributed by atoms with Crippen molar-refractivity contribution in [2.75, 3.05) is 11.1 Å². The number of rotatable bonds is 4. The molecule has 2 aromatic rings. The number of amides is 1. The molecule has 1 amide bonds. The number of carbonyl (C=O) groups excluding carboxylic acids is 1. The quantitative estimate of drug-likeness (QED) is 0.789. The zero-order valence-corrected chi connectivity index (χ0v) is 15.5. The molecule has 2 unspecified atom stereocenters. The van der Waals surface area contributed by atoms with Crippen molar-refractivity contribution < 1.29 is 9.18 Å². The first-order valence-corrected chi connectivity index (χ1v) is 9.13. The summed E-state index contributed by atoms with van der Waals surface area (Å²) in [5, 5.41) is 9.11. The molecule has 4 rings (SSSR count). The van der Waals surface area contributed by atoms with Crippen LogP contribution in [0, 0.1) is 5.92 Å². The van der Waals surface area contributed by atoms with Gasteiger partial charge in [-0.2, -0.15) is 5.10 Å². The molecule has 0 saturated carbocycles. The SMILES string of the molecule is CC1=NN(Cc2ccc(C(=O)Nc3ccccc3N)cc2)C2C(F)=CC=CC12. The van der Waals surface area contributed by atoms with Crippen LogP contribution in [0.2, 0.25) is 0 Å². The van der Waals surface area contributed by atoms with Gasteiger partial charge < -0.3 is 11.1 Å². The minimum absolute atomic E-state index is 0.0219. The van der Waals surface area contributed by atoms with Crippen LogP contribution >= 0.6 is 0 Å². The van der Waals surface area contributed by atoms with E-state index in [1.807, 2.05) is 37.3 Å². The first-order chi connectivity index (χ1) is 13.5. The Balaban J connectivity index is 1.45. The van der Waals surface area contributed by atoms with Crippen molar-refractivity contribution in [1.82, 2.24) is 5.01 Å². The van der Waals surface area contributed by atoms with Crippen LogP contribution in [0.5, 0.6) is 0 Å². The number of hydrazone groups is 1. The van der Waals surface area contributed by atoms with Gasteiger partial charge in [-0.3, -0.25) is 9.80 Å². The predicted octanol–water partition coefficient (Wildman–Crippen LogP) is 4.12. The number of nitrogens with one attached hydrogen (secondary N) is 1. The Morgan fingerprint density at radius 3 is 2.71 bits per heavy atom. The van der Waals surface area contributed by atoms with Crippen molar-refractivity contribution in [2.45, 2.75) is 19.5 Å². The van der Waals surface area contributed by atoms with E-state index in [9.17, 15) is 9.18 Å². The van der Waals surface area contributed by atoms with E-state index in [1.165, 1.54) is 6.08 Å². The fourth-order valence-corrected chi connectivity index (χ4v) is 3.56. The third-order valence-corrected chi connectivity index (χ3v) is 5.06. The Kier molecular flexibility index (Phi) is 4.69. The number of hydrogen-bond acceptors (Lipinski definition) is 4. The summed E-state index contributed by atoms with van der Waals surface area (Å²) in [7, 11) is 0. The maximum Gasteiger partial charge on any atom is 0.255 e. The summed E-state index contributed by atoms with van der Waals surface area (Å²) in [5.41, 5.74) is 9.34. The van der Waals surface area contributed by atoms with E-state index in [0.717, 1.165) is 11.3 Å². The standard InChI is InChI=1S/C22H21FN4O/c1-14-17-5-4-6-18(23)21(17)27(26-14)13-15-9-11-16(12-10-15)22(28)25-20-8-3-2-7-19(20)24/h2-12,17,21H,13,24H2,1H3,(H,25,28). The normalized spacial score (nSPS) is 20.4. The van der Waals surface area contributed by atoms with Gasteiger partial charge in [0.15, 0.2) is 0 Å². The molecule has 1 aliphatic heterocycles. The van der Waals surface area contributed by atoms with Gasteiger partial charge in [0.2, 0.25) is 0 Å². The summed E-state index contributed by atoms with van der Waals surface area (Å²) in [6, 6.07) is 14.0. The summed E-state index contributed by atoms with van der Waals surface area (Å²) in [5.74, 6) is -0.429. The van der Waals surface area contributed by atoms with Crippen LogP contribution in [0.4, 0.5) is 15.8 Å². The van der Waals surface area contributed by atoms with Gasteiger partial charge in [-0.25, -0.2) is 4.39 Å². The second-order valence-electron chi connectivity index (χ2n) is 6.98. The first-order valence-electron chi connectivity index (χ1n) is 9.13. The number of fused-ring (bicyclic) bond motifs is 1. The van der Waals surface area contributed by atoms with Gasteiger partial charge in [-0.05, 0) is 42.8 Å². The number of carbonyl (C=O) groups is 1. The van der Waals surface area contributed by atoms with Crippen molar-refractivity contribution in [3.05, 3.63) is 83.7 Å². The van der Waals surface area contributed by atoms with Crippen LogP contribution in [0.25, 0.3) is 0 Å². The monoisotopic (exact) mass is 376 g/mol. The minimum atomic E-state index is -0.381. The molecule has 0 spiro atoms. The Bertz CT molecular complexity index is 994. The van der Waals surface area contributed by atoms with E-state index in [4.69, 9.17) is 5.73 Å². The molecular formula is C22H21FN4O. The first kappa shape index (κ1) is 18.0. The smallest absolute Gasteiger partial charge is 0.255 e. The molecule has 6 heteroatoms. The van der Waals surface area contributed by atoms with Crippen LogP contribution < -0.4 is 11.1 Å². The van der Waals surface area contributed by atoms with Crippen LogP contribution in [0.1, 0.15) is 22.8 Å². The molecule has 0 radical (unpaired) electrons. The second-order valence-corrected chi connectivity index (χ2v) is 6.98. The van der Waals surface area contributed by atoms with Crippen LogP contribution in [0.15, 0.2) is 77.7 Å². The van der Waals surface area contributed by atoms with Crippen molar-refractivity contribution >= 4 is 23.0 Å². The number of nitrogens with two attached hydrogens (primary N) is 1. The molecule has 2 atom stereocenters. The number of benzene rings is 2. The lowest BCUT2D eigenvalue weighted by Gasteiger charge is -2.27. The topological polar surface area (TPSA) is 70.7 Å². The summed E-state index contributed by atoms with van der Waals surface area (Å²) >= 11 is 0. The molecule has 3 N–H and O–H groups in total. The molecule has 2 aromatic carbocycles. The number of nitrogens with zero attached hydrogens (tertiary/aromatic N) is 2. The molecule has 5 nitrogen and oxygen atoms in total. The van der Waals surface area contributed by atoms with E-state index >= 15 is 0 Å². The highest BCUT2D eigenvalue weighted by Crippen LogP contribution is 2.33. The molecule has 142 valence electrons. The lowest BCUT2D eigenvalue weighted by atomic mass is 9.91. The minimum Gasteiger partial charge on any atom is -0.397 e. The highest BCUT2D eigenvalue weighted by molar-refractivity contribution is 6.05. The Hall–Kier alpha value is -3.41. The maximum absolute atomic E-state index is 14.3. The third-order valence-electron chi connectivity index (χ3n) is 5.06. The van der Waals surface area contributed by atoms with Crippen LogP contribution in [-0.4, -0.2) is 22.7 Å². The molecule has 1 heterocycles. The average molecular weight is 376 g/mol. The number of anilines is 2. The van der Waals surface area contributed by atoms with Crippen LogP contribution in [-0.2, 0) is 6.54 Å². The fraction of sp³-hybridized carbons (Fsp3) is 0.182. The largest absolute Gasteiger partial charge is 0.397 e. The Morgan fingerprint density at radius 2 is 1.96 bits per heavy atom. The molecule has 28 heavy (non-hydrogen) atoms. The number of halogens is 1. The maximum atomic E-state index is 14.3. The van der Waals surface area contributed by atoms with Gasteiger partial charge >= 0.3 is 0 Å². The zero-order valence-electron chi connectivity index (χ0n) is 15.5. The van der Waals surface area contributed by atoms with Gasteiger partial charge in [-0.15, -0.1) is 0 Å². The van der Waals surface area contributed by atoms with Gasteiger partial charge in [0.25, 0.3) is 5.91 Å². The van der Waals surface area contributed by atoms with E-state index in [1.54, 1.807) is 35.4 Å².